The highest BCUT2D eigenvalue weighted by Gasteiger charge is 2.29. The van der Waals surface area contributed by atoms with Crippen LogP contribution in [-0.4, -0.2) is 55.0 Å². The van der Waals surface area contributed by atoms with E-state index in [1.165, 1.54) is 7.05 Å². The molecular formula is C25H30ClN3O6. The summed E-state index contributed by atoms with van der Waals surface area (Å²) in [5.74, 6) is -2.07. The van der Waals surface area contributed by atoms with E-state index in [1.54, 1.807) is 31.2 Å². The van der Waals surface area contributed by atoms with Crippen LogP contribution in [0.15, 0.2) is 54.6 Å². The van der Waals surface area contributed by atoms with Crippen molar-refractivity contribution >= 4 is 41.2 Å². The number of carbonyl (C=O) groups excluding carboxylic acids is 4. The maximum absolute atomic E-state index is 12.6. The lowest BCUT2D eigenvalue weighted by molar-refractivity contribution is -0.154. The van der Waals surface area contributed by atoms with Gasteiger partial charge in [-0.2, -0.15) is 0 Å². The Bertz CT molecular complexity index is 1020. The highest BCUT2D eigenvalue weighted by atomic mass is 35.5. The Balaban J connectivity index is 1.84. The molecule has 0 aliphatic carbocycles. The minimum Gasteiger partial charge on any atom is -0.454 e. The maximum atomic E-state index is 12.6. The first kappa shape index (κ1) is 27.7. The summed E-state index contributed by atoms with van der Waals surface area (Å²) in [4.78, 5) is 50.6. The van der Waals surface area contributed by atoms with Crippen molar-refractivity contribution in [2.75, 3.05) is 25.5 Å². The summed E-state index contributed by atoms with van der Waals surface area (Å²) in [6.45, 7) is 2.84. The van der Waals surface area contributed by atoms with Crippen LogP contribution in [0.3, 0.4) is 0 Å². The van der Waals surface area contributed by atoms with Gasteiger partial charge in [0.05, 0.1) is 17.3 Å². The average molecular weight is 504 g/mol. The van der Waals surface area contributed by atoms with Crippen molar-refractivity contribution < 1.29 is 28.7 Å². The van der Waals surface area contributed by atoms with Gasteiger partial charge in [0.25, 0.3) is 5.91 Å². The van der Waals surface area contributed by atoms with Crippen molar-refractivity contribution in [1.29, 1.82) is 0 Å². The number of benzene rings is 2. The van der Waals surface area contributed by atoms with Crippen LogP contribution in [0.25, 0.3) is 0 Å². The van der Waals surface area contributed by atoms with E-state index in [0.29, 0.717) is 17.1 Å². The maximum Gasteiger partial charge on any atom is 0.408 e. The summed E-state index contributed by atoms with van der Waals surface area (Å²) >= 11 is 6.01. The van der Waals surface area contributed by atoms with Crippen molar-refractivity contribution in [2.45, 2.75) is 32.9 Å². The molecule has 0 aliphatic rings. The van der Waals surface area contributed by atoms with Gasteiger partial charge in [0.1, 0.15) is 12.6 Å². The molecular weight excluding hydrogens is 474 g/mol. The first-order valence-electron chi connectivity index (χ1n) is 11.1. The normalized spacial score (nSPS) is 12.1. The van der Waals surface area contributed by atoms with Crippen LogP contribution in [-0.2, 0) is 30.5 Å². The van der Waals surface area contributed by atoms with Crippen LogP contribution in [0.2, 0.25) is 5.02 Å². The molecule has 2 rings (SSSR count). The first-order chi connectivity index (χ1) is 16.7. The van der Waals surface area contributed by atoms with E-state index < -0.39 is 36.5 Å². The molecule has 188 valence electrons. The lowest BCUT2D eigenvalue weighted by atomic mass is 9.99. The topological polar surface area (TPSA) is 114 Å². The summed E-state index contributed by atoms with van der Waals surface area (Å²) in [6, 6.07) is 14.8. The van der Waals surface area contributed by atoms with E-state index in [2.05, 4.69) is 10.6 Å². The third-order valence-electron chi connectivity index (χ3n) is 5.25. The number of halogens is 1. The van der Waals surface area contributed by atoms with Crippen LogP contribution in [0, 0.1) is 5.92 Å². The number of esters is 1. The predicted molar refractivity (Wildman–Crippen MR) is 132 cm³/mol. The zero-order valence-corrected chi connectivity index (χ0v) is 20.7. The second-order valence-electron chi connectivity index (χ2n) is 7.95. The summed E-state index contributed by atoms with van der Waals surface area (Å²) in [5.41, 5.74) is 1.23. The molecule has 10 heteroatoms. The number of para-hydroxylation sites is 1. The molecule has 0 saturated heterocycles. The summed E-state index contributed by atoms with van der Waals surface area (Å²) < 4.78 is 10.3. The van der Waals surface area contributed by atoms with E-state index in [1.807, 2.05) is 37.3 Å². The van der Waals surface area contributed by atoms with Crippen LogP contribution in [0.5, 0.6) is 0 Å². The fraction of sp³-hybridized carbons (Fsp3) is 0.360. The predicted octanol–water partition coefficient (Wildman–Crippen LogP) is 3.62. The van der Waals surface area contributed by atoms with E-state index >= 15 is 0 Å². The Kier molecular flexibility index (Phi) is 11.0. The zero-order valence-electron chi connectivity index (χ0n) is 20.0. The fourth-order valence-electron chi connectivity index (χ4n) is 2.95. The molecule has 35 heavy (non-hydrogen) atoms. The SMILES string of the molecule is CC[C@H](C)[C@H](NC(=O)OCc1ccccc1)C(=O)OCC(=O)N(C)CC(=O)Nc1ccccc1Cl. The van der Waals surface area contributed by atoms with E-state index in [-0.39, 0.29) is 19.1 Å². The van der Waals surface area contributed by atoms with Gasteiger partial charge in [-0.1, -0.05) is 74.3 Å². The molecule has 0 heterocycles. The summed E-state index contributed by atoms with van der Waals surface area (Å²) in [5, 5.41) is 5.50. The van der Waals surface area contributed by atoms with E-state index in [9.17, 15) is 19.2 Å². The zero-order chi connectivity index (χ0) is 25.8. The number of ether oxygens (including phenoxy) is 2. The molecule has 2 aromatic carbocycles. The number of amides is 3. The number of carbonyl (C=O) groups is 4. The van der Waals surface area contributed by atoms with Crippen molar-refractivity contribution in [3.05, 3.63) is 65.2 Å². The second-order valence-corrected chi connectivity index (χ2v) is 8.36. The van der Waals surface area contributed by atoms with Crippen LogP contribution >= 0.6 is 11.6 Å². The summed E-state index contributed by atoms with van der Waals surface area (Å²) in [6.07, 6.45) is -0.190. The Morgan fingerprint density at radius 2 is 1.66 bits per heavy atom. The number of alkyl carbamates (subject to hydrolysis) is 1. The Hall–Kier alpha value is -3.59. The quantitative estimate of drug-likeness (QED) is 0.453. The van der Waals surface area contributed by atoms with Gasteiger partial charge in [0, 0.05) is 7.05 Å². The molecule has 2 aromatic rings. The van der Waals surface area contributed by atoms with Crippen LogP contribution < -0.4 is 10.6 Å². The highest BCUT2D eigenvalue weighted by Crippen LogP contribution is 2.20. The molecule has 2 atom stereocenters. The molecule has 0 bridgehead atoms. The van der Waals surface area contributed by atoms with Gasteiger partial charge < -0.3 is 25.0 Å². The lowest BCUT2D eigenvalue weighted by Gasteiger charge is -2.23. The Morgan fingerprint density at radius 3 is 2.31 bits per heavy atom. The van der Waals surface area contributed by atoms with Gasteiger partial charge in [-0.05, 0) is 23.6 Å². The molecule has 0 aliphatic heterocycles. The monoisotopic (exact) mass is 503 g/mol. The number of hydrogen-bond acceptors (Lipinski definition) is 6. The smallest absolute Gasteiger partial charge is 0.408 e. The van der Waals surface area contributed by atoms with Crippen molar-refractivity contribution in [2.24, 2.45) is 5.92 Å². The number of nitrogens with one attached hydrogen (secondary N) is 2. The third-order valence-corrected chi connectivity index (χ3v) is 5.57. The third kappa shape index (κ3) is 9.29. The Labute approximate surface area is 209 Å². The molecule has 2 N–H and O–H groups in total. The molecule has 0 unspecified atom stereocenters. The average Bonchev–Trinajstić information content (AvgIpc) is 2.85. The van der Waals surface area contributed by atoms with Crippen LogP contribution in [0.1, 0.15) is 25.8 Å². The number of rotatable bonds is 11. The molecule has 9 nitrogen and oxygen atoms in total. The van der Waals surface area contributed by atoms with Crippen molar-refractivity contribution in [3.8, 4) is 0 Å². The van der Waals surface area contributed by atoms with Gasteiger partial charge in [0.2, 0.25) is 5.91 Å². The van der Waals surface area contributed by atoms with E-state index in [4.69, 9.17) is 21.1 Å². The number of likely N-dealkylation sites (N-methyl/N-ethyl adjacent to an activating group) is 1. The second kappa shape index (κ2) is 14.0. The lowest BCUT2D eigenvalue weighted by Crippen LogP contribution is -2.47. The van der Waals surface area contributed by atoms with E-state index in [0.717, 1.165) is 10.5 Å². The molecule has 0 saturated carbocycles. The minimum absolute atomic E-state index is 0.0501. The van der Waals surface area contributed by atoms with Gasteiger partial charge in [-0.15, -0.1) is 0 Å². The highest BCUT2D eigenvalue weighted by molar-refractivity contribution is 6.33. The largest absolute Gasteiger partial charge is 0.454 e. The number of anilines is 1. The fourth-order valence-corrected chi connectivity index (χ4v) is 3.13. The molecule has 0 aromatic heterocycles. The first-order valence-corrected chi connectivity index (χ1v) is 11.5. The molecule has 0 fully saturated rings. The summed E-state index contributed by atoms with van der Waals surface area (Å²) in [7, 11) is 1.41. The van der Waals surface area contributed by atoms with Gasteiger partial charge in [0.15, 0.2) is 6.61 Å². The number of hydrogen-bond donors (Lipinski definition) is 2. The van der Waals surface area contributed by atoms with Crippen molar-refractivity contribution in [1.82, 2.24) is 10.2 Å². The molecule has 0 radical (unpaired) electrons. The van der Waals surface area contributed by atoms with Gasteiger partial charge in [-0.3, -0.25) is 9.59 Å². The van der Waals surface area contributed by atoms with Gasteiger partial charge in [-0.25, -0.2) is 9.59 Å². The number of nitrogens with zero attached hydrogens (tertiary/aromatic N) is 1. The standard InChI is InChI=1S/C25H30ClN3O6/c1-4-17(2)23(28-25(33)35-15-18-10-6-5-7-11-18)24(32)34-16-22(31)29(3)14-21(30)27-20-13-9-8-12-19(20)26/h5-13,17,23H,4,14-16H2,1-3H3,(H,27,30)(H,28,33)/t17-,23-/m0/s1. The Morgan fingerprint density at radius 1 is 1.00 bits per heavy atom. The molecule has 3 amide bonds. The van der Waals surface area contributed by atoms with Crippen molar-refractivity contribution in [3.63, 3.8) is 0 Å². The molecule has 0 spiro atoms. The van der Waals surface area contributed by atoms with Crippen LogP contribution in [0.4, 0.5) is 10.5 Å². The minimum atomic E-state index is -0.995. The van der Waals surface area contributed by atoms with Gasteiger partial charge >= 0.3 is 12.1 Å².